The number of carboxylic acid groups (broad SMARTS) is 1. The number of aliphatic carboxylic acids is 1. The minimum Gasteiger partial charge on any atom is -0.480 e. The van der Waals surface area contributed by atoms with Crippen molar-refractivity contribution < 1.29 is 14.4 Å². The van der Waals surface area contributed by atoms with Crippen molar-refractivity contribution in [3.8, 4) is 11.4 Å². The van der Waals surface area contributed by atoms with Gasteiger partial charge in [-0.1, -0.05) is 28.4 Å². The number of anilines is 1. The second-order valence-electron chi connectivity index (χ2n) is 4.75. The average molecular weight is 328 g/mol. The predicted octanol–water partition coefficient (Wildman–Crippen LogP) is 3.10. The summed E-state index contributed by atoms with van der Waals surface area (Å²) in [6.07, 6.45) is 1.34. The lowest BCUT2D eigenvalue weighted by Gasteiger charge is -2.17. The molecule has 0 unspecified atom stereocenters. The first-order chi connectivity index (χ1) is 10.0. The molecule has 1 atom stereocenters. The van der Waals surface area contributed by atoms with E-state index < -0.39 is 12.0 Å². The van der Waals surface area contributed by atoms with Crippen molar-refractivity contribution in [2.24, 2.45) is 0 Å². The maximum absolute atomic E-state index is 11.2. The molecule has 2 aromatic rings. The van der Waals surface area contributed by atoms with E-state index in [1.54, 1.807) is 23.1 Å². The van der Waals surface area contributed by atoms with Gasteiger partial charge in [-0.2, -0.15) is 4.98 Å². The molecule has 0 aliphatic carbocycles. The number of rotatable bonds is 3. The SMILES string of the molecule is O=C(O)[C@@H]1CCCN1c1nc(-c2cc(Cl)cc(Cl)c2)no1. The topological polar surface area (TPSA) is 79.5 Å². The summed E-state index contributed by atoms with van der Waals surface area (Å²) in [6.45, 7) is 0.578. The molecule has 0 radical (unpaired) electrons. The molecule has 0 spiro atoms. The summed E-state index contributed by atoms with van der Waals surface area (Å²) in [6, 6.07) is 4.52. The Morgan fingerprint density at radius 1 is 1.33 bits per heavy atom. The maximum atomic E-state index is 11.2. The van der Waals surface area contributed by atoms with Crippen LogP contribution in [-0.2, 0) is 4.79 Å². The first kappa shape index (κ1) is 14.2. The molecular weight excluding hydrogens is 317 g/mol. The van der Waals surface area contributed by atoms with Crippen molar-refractivity contribution >= 4 is 35.2 Å². The lowest BCUT2D eigenvalue weighted by molar-refractivity contribution is -0.138. The first-order valence-corrected chi connectivity index (χ1v) is 7.10. The summed E-state index contributed by atoms with van der Waals surface area (Å²) in [5, 5.41) is 14.0. The largest absolute Gasteiger partial charge is 0.480 e. The Morgan fingerprint density at radius 2 is 2.05 bits per heavy atom. The van der Waals surface area contributed by atoms with E-state index in [2.05, 4.69) is 10.1 Å². The molecule has 1 aromatic carbocycles. The van der Waals surface area contributed by atoms with Crippen LogP contribution in [0.25, 0.3) is 11.4 Å². The van der Waals surface area contributed by atoms with Gasteiger partial charge < -0.3 is 14.5 Å². The molecular formula is C13H11Cl2N3O3. The van der Waals surface area contributed by atoms with Gasteiger partial charge in [0, 0.05) is 22.2 Å². The van der Waals surface area contributed by atoms with E-state index in [-0.39, 0.29) is 6.01 Å². The van der Waals surface area contributed by atoms with Crippen molar-refractivity contribution in [1.82, 2.24) is 10.1 Å². The monoisotopic (exact) mass is 327 g/mol. The third-order valence-corrected chi connectivity index (χ3v) is 3.76. The Kier molecular flexibility index (Phi) is 3.73. The molecule has 2 heterocycles. The van der Waals surface area contributed by atoms with Gasteiger partial charge in [-0.25, -0.2) is 4.79 Å². The Bertz CT molecular complexity index is 669. The third kappa shape index (κ3) is 2.82. The van der Waals surface area contributed by atoms with Crippen LogP contribution in [0.15, 0.2) is 22.7 Å². The third-order valence-electron chi connectivity index (χ3n) is 3.32. The van der Waals surface area contributed by atoms with Crippen LogP contribution < -0.4 is 4.90 Å². The van der Waals surface area contributed by atoms with E-state index in [1.165, 1.54) is 0 Å². The summed E-state index contributed by atoms with van der Waals surface area (Å²) in [4.78, 5) is 17.0. The molecule has 0 bridgehead atoms. The van der Waals surface area contributed by atoms with Gasteiger partial charge in [0.15, 0.2) is 0 Å². The highest BCUT2D eigenvalue weighted by molar-refractivity contribution is 6.35. The van der Waals surface area contributed by atoms with Crippen LogP contribution in [0.5, 0.6) is 0 Å². The minimum atomic E-state index is -0.891. The van der Waals surface area contributed by atoms with Gasteiger partial charge >= 0.3 is 12.0 Å². The zero-order valence-corrected chi connectivity index (χ0v) is 12.3. The van der Waals surface area contributed by atoms with Crippen molar-refractivity contribution in [3.63, 3.8) is 0 Å². The molecule has 1 saturated heterocycles. The quantitative estimate of drug-likeness (QED) is 0.933. The lowest BCUT2D eigenvalue weighted by atomic mass is 10.2. The van der Waals surface area contributed by atoms with Crippen LogP contribution in [0, 0.1) is 0 Å². The summed E-state index contributed by atoms with van der Waals surface area (Å²) < 4.78 is 5.18. The number of nitrogens with zero attached hydrogens (tertiary/aromatic N) is 3. The van der Waals surface area contributed by atoms with Gasteiger partial charge in [0.25, 0.3) is 0 Å². The van der Waals surface area contributed by atoms with E-state index in [9.17, 15) is 9.90 Å². The molecule has 1 fully saturated rings. The number of halogens is 2. The molecule has 8 heteroatoms. The second-order valence-corrected chi connectivity index (χ2v) is 5.62. The zero-order valence-electron chi connectivity index (χ0n) is 10.8. The Hall–Kier alpha value is -1.79. The summed E-state index contributed by atoms with van der Waals surface area (Å²) in [5.74, 6) is -0.566. The summed E-state index contributed by atoms with van der Waals surface area (Å²) in [7, 11) is 0. The molecule has 0 saturated carbocycles. The molecule has 1 N–H and O–H groups in total. The van der Waals surface area contributed by atoms with Gasteiger partial charge in [-0.3, -0.25) is 0 Å². The first-order valence-electron chi connectivity index (χ1n) is 6.34. The number of hydrogen-bond acceptors (Lipinski definition) is 5. The van der Waals surface area contributed by atoms with E-state index in [1.807, 2.05) is 0 Å². The van der Waals surface area contributed by atoms with E-state index in [0.717, 1.165) is 6.42 Å². The molecule has 1 aliphatic heterocycles. The van der Waals surface area contributed by atoms with Gasteiger partial charge in [0.05, 0.1) is 0 Å². The Labute approximate surface area is 130 Å². The maximum Gasteiger partial charge on any atom is 0.326 e. The van der Waals surface area contributed by atoms with Crippen LogP contribution in [0.3, 0.4) is 0 Å². The number of carboxylic acids is 1. The summed E-state index contributed by atoms with van der Waals surface area (Å²) >= 11 is 11.9. The molecule has 1 aromatic heterocycles. The summed E-state index contributed by atoms with van der Waals surface area (Å²) in [5.41, 5.74) is 0.619. The van der Waals surface area contributed by atoms with E-state index in [0.29, 0.717) is 34.4 Å². The van der Waals surface area contributed by atoms with Gasteiger partial charge in [0.2, 0.25) is 5.82 Å². The fourth-order valence-electron chi connectivity index (χ4n) is 2.38. The van der Waals surface area contributed by atoms with E-state index in [4.69, 9.17) is 27.7 Å². The second kappa shape index (κ2) is 5.54. The zero-order chi connectivity index (χ0) is 15.0. The molecule has 3 rings (SSSR count). The van der Waals surface area contributed by atoms with Crippen LogP contribution >= 0.6 is 23.2 Å². The molecule has 0 amide bonds. The highest BCUT2D eigenvalue weighted by Crippen LogP contribution is 2.29. The van der Waals surface area contributed by atoms with Gasteiger partial charge in [-0.15, -0.1) is 0 Å². The highest BCUT2D eigenvalue weighted by Gasteiger charge is 2.34. The molecule has 1 aliphatic rings. The average Bonchev–Trinajstić information content (AvgIpc) is 3.06. The molecule has 6 nitrogen and oxygen atoms in total. The van der Waals surface area contributed by atoms with Crippen molar-refractivity contribution in [1.29, 1.82) is 0 Å². The standard InChI is InChI=1S/C13H11Cl2N3O3/c14-8-4-7(5-9(15)6-8)11-16-13(21-17-11)18-3-1-2-10(18)12(19)20/h4-6,10H,1-3H2,(H,19,20)/t10-/m0/s1. The fraction of sp³-hybridized carbons (Fsp3) is 0.308. The molecule has 21 heavy (non-hydrogen) atoms. The van der Waals surface area contributed by atoms with Crippen LogP contribution in [0.1, 0.15) is 12.8 Å². The van der Waals surface area contributed by atoms with Crippen LogP contribution in [0.2, 0.25) is 10.0 Å². The molecule has 110 valence electrons. The van der Waals surface area contributed by atoms with Gasteiger partial charge in [-0.05, 0) is 31.0 Å². The minimum absolute atomic E-state index is 0.200. The van der Waals surface area contributed by atoms with Gasteiger partial charge in [0.1, 0.15) is 6.04 Å². The van der Waals surface area contributed by atoms with Crippen molar-refractivity contribution in [2.75, 3.05) is 11.4 Å². The Balaban J connectivity index is 1.91. The Morgan fingerprint density at radius 3 is 2.71 bits per heavy atom. The van der Waals surface area contributed by atoms with E-state index >= 15 is 0 Å². The van der Waals surface area contributed by atoms with Crippen molar-refractivity contribution in [3.05, 3.63) is 28.2 Å². The number of hydrogen-bond donors (Lipinski definition) is 1. The fourth-order valence-corrected chi connectivity index (χ4v) is 2.91. The normalized spacial score (nSPS) is 18.2. The number of carbonyl (C=O) groups is 1. The van der Waals surface area contributed by atoms with Crippen LogP contribution in [-0.4, -0.2) is 33.8 Å². The number of benzene rings is 1. The highest BCUT2D eigenvalue weighted by atomic mass is 35.5. The van der Waals surface area contributed by atoms with Crippen molar-refractivity contribution in [2.45, 2.75) is 18.9 Å². The predicted molar refractivity (Wildman–Crippen MR) is 77.8 cm³/mol. The van der Waals surface area contributed by atoms with Crippen LogP contribution in [0.4, 0.5) is 6.01 Å². The number of aromatic nitrogens is 2. The lowest BCUT2D eigenvalue weighted by Crippen LogP contribution is -2.36. The smallest absolute Gasteiger partial charge is 0.326 e.